The lowest BCUT2D eigenvalue weighted by Gasteiger charge is -2.32. The van der Waals surface area contributed by atoms with Gasteiger partial charge in [-0.25, -0.2) is 0 Å². The maximum atomic E-state index is 6.18. The molecule has 0 aromatic rings. The quantitative estimate of drug-likeness (QED) is 0.305. The van der Waals surface area contributed by atoms with E-state index in [1.54, 1.807) is 0 Å². The molecule has 6 unspecified atom stereocenters. The Morgan fingerprint density at radius 3 is 1.65 bits per heavy atom. The summed E-state index contributed by atoms with van der Waals surface area (Å²) in [7, 11) is 0. The number of hydrogen-bond acceptors (Lipinski definition) is 4. The fourth-order valence-electron chi connectivity index (χ4n) is 3.40. The van der Waals surface area contributed by atoms with E-state index in [1.807, 2.05) is 13.8 Å². The molecule has 0 spiro atoms. The molecule has 2 bridgehead atoms. The second kappa shape index (κ2) is 9.77. The van der Waals surface area contributed by atoms with Crippen LogP contribution in [0.15, 0.2) is 12.2 Å². The summed E-state index contributed by atoms with van der Waals surface area (Å²) in [5, 5.41) is 0. The summed E-state index contributed by atoms with van der Waals surface area (Å²) in [6.45, 7) is 9.83. The summed E-state index contributed by atoms with van der Waals surface area (Å²) in [5.41, 5.74) is 0. The van der Waals surface area contributed by atoms with Crippen LogP contribution in [0.3, 0.4) is 0 Å². The standard InChI is InChI=1S/C19H34O4/c1-5-7-11-20-14(3)22-18-16-9-10-17(13-16)19(18)23-15(4)21-12-8-6-2/h9-10,14-19H,5-8,11-13H2,1-4H3. The van der Waals surface area contributed by atoms with E-state index in [9.17, 15) is 0 Å². The van der Waals surface area contributed by atoms with E-state index in [0.29, 0.717) is 11.8 Å². The molecule has 0 radical (unpaired) electrons. The molecule has 2 aliphatic rings. The van der Waals surface area contributed by atoms with Crippen LogP contribution in [0.2, 0.25) is 0 Å². The maximum Gasteiger partial charge on any atom is 0.155 e. The fourth-order valence-corrected chi connectivity index (χ4v) is 3.40. The molecule has 0 aromatic heterocycles. The lowest BCUT2D eigenvalue weighted by atomic mass is 10.0. The van der Waals surface area contributed by atoms with Gasteiger partial charge in [0, 0.05) is 25.0 Å². The summed E-state index contributed by atoms with van der Waals surface area (Å²) >= 11 is 0. The molecule has 134 valence electrons. The Morgan fingerprint density at radius 1 is 0.826 bits per heavy atom. The first-order valence-electron chi connectivity index (χ1n) is 9.38. The first-order chi connectivity index (χ1) is 11.2. The molecule has 2 aliphatic carbocycles. The summed E-state index contributed by atoms with van der Waals surface area (Å²) in [6.07, 6.45) is 9.91. The summed E-state index contributed by atoms with van der Waals surface area (Å²) < 4.78 is 23.9. The molecule has 4 nitrogen and oxygen atoms in total. The van der Waals surface area contributed by atoms with Crippen LogP contribution >= 0.6 is 0 Å². The molecule has 0 N–H and O–H groups in total. The first-order valence-corrected chi connectivity index (χ1v) is 9.38. The van der Waals surface area contributed by atoms with Gasteiger partial charge in [-0.3, -0.25) is 0 Å². The largest absolute Gasteiger partial charge is 0.353 e. The molecule has 0 amide bonds. The van der Waals surface area contributed by atoms with Gasteiger partial charge < -0.3 is 18.9 Å². The van der Waals surface area contributed by atoms with Crippen LogP contribution < -0.4 is 0 Å². The lowest BCUT2D eigenvalue weighted by molar-refractivity contribution is -0.229. The van der Waals surface area contributed by atoms with E-state index in [1.165, 1.54) is 0 Å². The van der Waals surface area contributed by atoms with E-state index < -0.39 is 0 Å². The highest BCUT2D eigenvalue weighted by atomic mass is 16.7. The smallest absolute Gasteiger partial charge is 0.155 e. The lowest BCUT2D eigenvalue weighted by Crippen LogP contribution is -2.40. The van der Waals surface area contributed by atoms with E-state index in [2.05, 4.69) is 26.0 Å². The number of ether oxygens (including phenoxy) is 4. The van der Waals surface area contributed by atoms with Crippen LogP contribution in [-0.2, 0) is 18.9 Å². The fraction of sp³-hybridized carbons (Fsp3) is 0.895. The molecule has 0 aliphatic heterocycles. The molecular weight excluding hydrogens is 292 g/mol. The van der Waals surface area contributed by atoms with Gasteiger partial charge in [-0.2, -0.15) is 0 Å². The van der Waals surface area contributed by atoms with E-state index >= 15 is 0 Å². The van der Waals surface area contributed by atoms with Crippen LogP contribution in [0.25, 0.3) is 0 Å². The van der Waals surface area contributed by atoms with Crippen LogP contribution in [-0.4, -0.2) is 38.0 Å². The average Bonchev–Trinajstić information content (AvgIpc) is 3.11. The van der Waals surface area contributed by atoms with Gasteiger partial charge in [0.2, 0.25) is 0 Å². The van der Waals surface area contributed by atoms with Crippen LogP contribution in [0.1, 0.15) is 59.8 Å². The third-order valence-electron chi connectivity index (χ3n) is 4.72. The summed E-state index contributed by atoms with van der Waals surface area (Å²) in [6, 6.07) is 0. The van der Waals surface area contributed by atoms with Gasteiger partial charge in [-0.05, 0) is 33.1 Å². The molecule has 0 heterocycles. The Kier molecular flexibility index (Phi) is 8.04. The second-order valence-electron chi connectivity index (χ2n) is 6.73. The molecule has 4 heteroatoms. The van der Waals surface area contributed by atoms with Crippen molar-refractivity contribution >= 4 is 0 Å². The van der Waals surface area contributed by atoms with Crippen molar-refractivity contribution in [2.24, 2.45) is 11.8 Å². The highest BCUT2D eigenvalue weighted by molar-refractivity contribution is 5.15. The predicted molar refractivity (Wildman–Crippen MR) is 91.1 cm³/mol. The van der Waals surface area contributed by atoms with Gasteiger partial charge in [0.15, 0.2) is 12.6 Å². The van der Waals surface area contributed by atoms with Crippen LogP contribution in [0.4, 0.5) is 0 Å². The van der Waals surface area contributed by atoms with Crippen molar-refractivity contribution in [2.45, 2.75) is 84.6 Å². The highest BCUT2D eigenvalue weighted by Crippen LogP contribution is 2.43. The first kappa shape index (κ1) is 18.9. The molecule has 0 saturated heterocycles. The highest BCUT2D eigenvalue weighted by Gasteiger charge is 2.47. The predicted octanol–water partition coefficient (Wildman–Crippen LogP) is 4.29. The molecular formula is C19H34O4. The van der Waals surface area contributed by atoms with E-state index in [0.717, 1.165) is 45.3 Å². The van der Waals surface area contributed by atoms with Gasteiger partial charge in [-0.1, -0.05) is 38.8 Å². The Hall–Kier alpha value is -0.420. The van der Waals surface area contributed by atoms with Gasteiger partial charge in [0.05, 0.1) is 12.2 Å². The summed E-state index contributed by atoms with van der Waals surface area (Å²) in [4.78, 5) is 0. The SMILES string of the molecule is CCCCOC(C)OC1C2C=CC(C2)C1OC(C)OCCCC. The number of rotatable bonds is 12. The number of hydrogen-bond donors (Lipinski definition) is 0. The molecule has 2 rings (SSSR count). The maximum absolute atomic E-state index is 6.18. The third kappa shape index (κ3) is 5.56. The number of unbranched alkanes of at least 4 members (excludes halogenated alkanes) is 2. The average molecular weight is 326 g/mol. The van der Waals surface area contributed by atoms with Crippen molar-refractivity contribution in [2.75, 3.05) is 13.2 Å². The zero-order valence-electron chi connectivity index (χ0n) is 15.2. The Bertz CT molecular complexity index is 325. The van der Waals surface area contributed by atoms with E-state index in [4.69, 9.17) is 18.9 Å². The molecule has 1 fully saturated rings. The van der Waals surface area contributed by atoms with Gasteiger partial charge in [-0.15, -0.1) is 0 Å². The zero-order valence-corrected chi connectivity index (χ0v) is 15.2. The molecule has 6 atom stereocenters. The summed E-state index contributed by atoms with van der Waals surface area (Å²) in [5.74, 6) is 0.898. The van der Waals surface area contributed by atoms with Crippen molar-refractivity contribution < 1.29 is 18.9 Å². The van der Waals surface area contributed by atoms with Crippen LogP contribution in [0, 0.1) is 11.8 Å². The minimum absolute atomic E-state index is 0.0823. The minimum atomic E-state index is -0.179. The van der Waals surface area contributed by atoms with Crippen molar-refractivity contribution in [3.8, 4) is 0 Å². The third-order valence-corrected chi connectivity index (χ3v) is 4.72. The Labute approximate surface area is 141 Å². The molecule has 23 heavy (non-hydrogen) atoms. The Morgan fingerprint density at radius 2 is 1.26 bits per heavy atom. The molecule has 1 saturated carbocycles. The monoisotopic (exact) mass is 326 g/mol. The molecule has 0 aromatic carbocycles. The van der Waals surface area contributed by atoms with Crippen molar-refractivity contribution in [1.29, 1.82) is 0 Å². The van der Waals surface area contributed by atoms with Gasteiger partial charge in [0.25, 0.3) is 0 Å². The normalized spacial score (nSPS) is 31.7. The topological polar surface area (TPSA) is 36.9 Å². The van der Waals surface area contributed by atoms with E-state index in [-0.39, 0.29) is 24.8 Å². The van der Waals surface area contributed by atoms with Crippen LogP contribution in [0.5, 0.6) is 0 Å². The van der Waals surface area contributed by atoms with Crippen molar-refractivity contribution in [3.05, 3.63) is 12.2 Å². The van der Waals surface area contributed by atoms with Crippen molar-refractivity contribution in [1.82, 2.24) is 0 Å². The zero-order chi connectivity index (χ0) is 16.7. The Balaban J connectivity index is 1.81. The number of fused-ring (bicyclic) bond motifs is 2. The second-order valence-corrected chi connectivity index (χ2v) is 6.73. The van der Waals surface area contributed by atoms with Gasteiger partial charge >= 0.3 is 0 Å². The van der Waals surface area contributed by atoms with Crippen molar-refractivity contribution in [3.63, 3.8) is 0 Å². The van der Waals surface area contributed by atoms with Gasteiger partial charge in [0.1, 0.15) is 0 Å². The minimum Gasteiger partial charge on any atom is -0.353 e.